The van der Waals surface area contributed by atoms with Gasteiger partial charge in [-0.25, -0.2) is 9.37 Å². The average molecular weight is 1050 g/mol. The maximum Gasteiger partial charge on any atom is 0.246 e. The molecule has 21 heteroatoms. The topological polar surface area (TPSA) is 254 Å². The van der Waals surface area contributed by atoms with Crippen LogP contribution in [0.4, 0.5) is 15.9 Å². The molecule has 1 aliphatic carbocycles. The molecule has 3 aromatic rings. The molecule has 2 saturated heterocycles. The lowest BCUT2D eigenvalue weighted by Gasteiger charge is -2.37. The van der Waals surface area contributed by atoms with Crippen molar-refractivity contribution in [1.82, 2.24) is 51.1 Å². The van der Waals surface area contributed by atoms with Crippen molar-refractivity contribution in [3.8, 4) is 17.2 Å². The third kappa shape index (κ3) is 13.6. The number of nitriles is 1. The summed E-state index contributed by atoms with van der Waals surface area (Å²) >= 11 is 0. The van der Waals surface area contributed by atoms with Crippen LogP contribution in [0, 0.1) is 28.6 Å². The average Bonchev–Trinajstić information content (AvgIpc) is 4.16. The van der Waals surface area contributed by atoms with Crippen LogP contribution in [-0.2, 0) is 46.5 Å². The van der Waals surface area contributed by atoms with Crippen molar-refractivity contribution in [3.63, 3.8) is 0 Å². The molecule has 8 atom stereocenters. The van der Waals surface area contributed by atoms with Crippen LogP contribution in [-0.4, -0.2) is 151 Å². The highest BCUT2D eigenvalue weighted by Gasteiger charge is 2.46. The van der Waals surface area contributed by atoms with Gasteiger partial charge in [0.15, 0.2) is 0 Å². The Balaban J connectivity index is 0.878. The van der Waals surface area contributed by atoms with Crippen LogP contribution < -0.4 is 37.2 Å². The molecule has 2 fully saturated rings. The van der Waals surface area contributed by atoms with Crippen molar-refractivity contribution in [1.29, 1.82) is 5.26 Å². The number of carbonyl (C=O) groups excluding carboxylic acids is 5. The molecule has 410 valence electrons. The number of fused-ring (bicyclic) bond motifs is 8. The summed E-state index contributed by atoms with van der Waals surface area (Å²) in [6.45, 7) is 12.2. The zero-order valence-corrected chi connectivity index (χ0v) is 44.9. The number of rotatable bonds is 21. The first-order chi connectivity index (χ1) is 36.4. The number of ether oxygens (including phenoxy) is 2. The number of likely N-dealkylation sites (N-methyl/N-ethyl adjacent to an activating group) is 1. The van der Waals surface area contributed by atoms with Gasteiger partial charge in [0, 0.05) is 75.0 Å². The number of halogens is 1. The highest BCUT2D eigenvalue weighted by atomic mass is 19.1. The third-order valence-corrected chi connectivity index (χ3v) is 14.9. The van der Waals surface area contributed by atoms with E-state index in [1.165, 1.54) is 16.8 Å². The van der Waals surface area contributed by atoms with Gasteiger partial charge in [-0.05, 0) is 68.9 Å². The lowest BCUT2D eigenvalue weighted by atomic mass is 9.80. The Kier molecular flexibility index (Phi) is 19.4. The van der Waals surface area contributed by atoms with Crippen LogP contribution in [0.5, 0.6) is 0 Å². The smallest absolute Gasteiger partial charge is 0.246 e. The molecule has 2 unspecified atom stereocenters. The molecule has 5 heterocycles. The number of anilines is 2. The minimum absolute atomic E-state index is 0.0763. The second kappa shape index (κ2) is 25.9. The molecule has 20 nitrogen and oxygen atoms in total. The summed E-state index contributed by atoms with van der Waals surface area (Å²) in [5.74, 6) is -2.46. The van der Waals surface area contributed by atoms with Crippen LogP contribution in [0.1, 0.15) is 89.7 Å². The van der Waals surface area contributed by atoms with E-state index in [2.05, 4.69) is 42.5 Å². The molecule has 0 spiro atoms. The van der Waals surface area contributed by atoms with Gasteiger partial charge in [-0.2, -0.15) is 10.4 Å². The highest BCUT2D eigenvalue weighted by molar-refractivity contribution is 5.94. The van der Waals surface area contributed by atoms with E-state index in [0.29, 0.717) is 60.9 Å². The molecule has 0 radical (unpaired) electrons. The Bertz CT molecular complexity index is 2650. The van der Waals surface area contributed by atoms with Gasteiger partial charge in [0.1, 0.15) is 35.5 Å². The number of allylic oxidation sites excluding steroid dienone is 2. The molecule has 2 bridgehead atoms. The maximum absolute atomic E-state index is 14.8. The van der Waals surface area contributed by atoms with E-state index in [4.69, 9.17) is 20.3 Å². The lowest BCUT2D eigenvalue weighted by Crippen LogP contribution is -2.59. The molecule has 7 rings (SSSR count). The van der Waals surface area contributed by atoms with Crippen molar-refractivity contribution in [2.75, 3.05) is 77.3 Å². The van der Waals surface area contributed by atoms with Gasteiger partial charge < -0.3 is 56.5 Å². The van der Waals surface area contributed by atoms with E-state index in [9.17, 15) is 33.6 Å². The molecule has 4 aliphatic rings. The van der Waals surface area contributed by atoms with Crippen molar-refractivity contribution >= 4 is 41.0 Å². The number of aromatic nitrogens is 3. The summed E-state index contributed by atoms with van der Waals surface area (Å²) in [5, 5.41) is 30.7. The predicted octanol–water partition coefficient (Wildman–Crippen LogP) is 3.50. The van der Waals surface area contributed by atoms with Gasteiger partial charge in [-0.3, -0.25) is 28.7 Å². The quantitative estimate of drug-likeness (QED) is 0.0836. The SMILES string of the molecule is CC[C@H](NC(=O)[C@H]1C[C@@H](NCCOCCOCCC(=O)NCCn2nc3c(c2C#N)-c2cnc(N)c(c2)N2CCC[C@@H]2C2C=C(F)C=CC2C(=O)N(C)C3)CN1C(=O)[C@H](NC(=O)[C@@H](C)NC)C(C)(C)C)c1ccccc1. The minimum Gasteiger partial charge on any atom is -0.382 e. The van der Waals surface area contributed by atoms with Gasteiger partial charge in [0.2, 0.25) is 29.5 Å². The van der Waals surface area contributed by atoms with E-state index in [0.717, 1.165) is 18.4 Å². The molecule has 3 aliphatic heterocycles. The van der Waals surface area contributed by atoms with Crippen molar-refractivity contribution < 1.29 is 37.8 Å². The first-order valence-electron chi connectivity index (χ1n) is 26.6. The van der Waals surface area contributed by atoms with E-state index in [1.807, 2.05) is 64.1 Å². The predicted molar refractivity (Wildman–Crippen MR) is 285 cm³/mol. The second-order valence-corrected chi connectivity index (χ2v) is 21.2. The van der Waals surface area contributed by atoms with Crippen LogP contribution >= 0.6 is 0 Å². The van der Waals surface area contributed by atoms with E-state index in [1.54, 1.807) is 43.1 Å². The number of nitrogens with two attached hydrogens (primary N) is 1. The molecule has 5 amide bonds. The number of hydrogen-bond donors (Lipinski definition) is 6. The first-order valence-corrected chi connectivity index (χ1v) is 26.6. The number of carbonyl (C=O) groups is 5. The fourth-order valence-electron chi connectivity index (χ4n) is 10.6. The van der Waals surface area contributed by atoms with E-state index in [-0.39, 0.29) is 112 Å². The van der Waals surface area contributed by atoms with Crippen molar-refractivity contribution in [3.05, 3.63) is 83.6 Å². The Morgan fingerprint density at radius 3 is 2.51 bits per heavy atom. The number of nitrogen functional groups attached to an aromatic ring is 1. The summed E-state index contributed by atoms with van der Waals surface area (Å²) in [4.78, 5) is 78.2. The number of nitrogens with one attached hydrogen (secondary N) is 5. The van der Waals surface area contributed by atoms with Gasteiger partial charge in [-0.15, -0.1) is 0 Å². The zero-order chi connectivity index (χ0) is 54.7. The number of amides is 5. The van der Waals surface area contributed by atoms with E-state index < -0.39 is 35.4 Å². The summed E-state index contributed by atoms with van der Waals surface area (Å²) in [6.07, 6.45) is 8.81. The van der Waals surface area contributed by atoms with Crippen LogP contribution in [0.25, 0.3) is 11.1 Å². The number of pyridine rings is 1. The Morgan fingerprint density at radius 1 is 1.05 bits per heavy atom. The zero-order valence-electron chi connectivity index (χ0n) is 44.9. The van der Waals surface area contributed by atoms with Crippen LogP contribution in [0.15, 0.2) is 66.6 Å². The lowest BCUT2D eigenvalue weighted by molar-refractivity contribution is -0.144. The molecule has 0 saturated carbocycles. The highest BCUT2D eigenvalue weighted by Crippen LogP contribution is 2.42. The van der Waals surface area contributed by atoms with Gasteiger partial charge >= 0.3 is 0 Å². The minimum atomic E-state index is -0.873. The fraction of sp³-hybridized carbons (Fsp3) is 0.564. The fourth-order valence-corrected chi connectivity index (χ4v) is 10.6. The monoisotopic (exact) mass is 1050 g/mol. The Labute approximate surface area is 445 Å². The summed E-state index contributed by atoms with van der Waals surface area (Å²) in [7, 11) is 3.36. The molecular formula is C55H76FN13O7. The van der Waals surface area contributed by atoms with Crippen LogP contribution in [0.3, 0.4) is 0 Å². The molecular weight excluding hydrogens is 974 g/mol. The largest absolute Gasteiger partial charge is 0.382 e. The third-order valence-electron chi connectivity index (χ3n) is 14.9. The van der Waals surface area contributed by atoms with E-state index >= 15 is 0 Å². The van der Waals surface area contributed by atoms with Gasteiger partial charge in [0.25, 0.3) is 0 Å². The molecule has 1 aromatic carbocycles. The number of nitrogens with zero attached hydrogens (tertiary/aromatic N) is 7. The van der Waals surface area contributed by atoms with Crippen LogP contribution in [0.2, 0.25) is 0 Å². The van der Waals surface area contributed by atoms with Gasteiger partial charge in [-0.1, -0.05) is 64.1 Å². The summed E-state index contributed by atoms with van der Waals surface area (Å²) in [5.41, 5.74) is 9.32. The summed E-state index contributed by atoms with van der Waals surface area (Å²) < 4.78 is 27.8. The second-order valence-electron chi connectivity index (χ2n) is 21.2. The molecule has 7 N–H and O–H groups in total. The first kappa shape index (κ1) is 57.0. The molecule has 76 heavy (non-hydrogen) atoms. The normalized spacial score (nSPS) is 21.5. The standard InChI is InChI=1S/C55H76FN13O7/c1-8-41(35-13-10-9-11-14-35)63-52(72)45-29-38(32-68(45)54(74)49(55(3,4)5)64-51(71)34(2)59-6)60-20-24-76-26-25-75-23-18-47(70)61-19-22-69-46(30-57)48-36-27-44(50(58)62-31-36)67-21-12-15-43(67)40-28-37(56)16-17-39(40)53(73)66(7)33-42(48)65-69/h9-11,13-14,16-17,27-28,31,34,38-41,43,45,49,59-60H,8,12,15,18-26,29,32-33H2,1-7H3,(H2,58,62)(H,61,70)(H,63,72)(H,64,71)/t34-,38-,39?,40?,41+,43-,45-,49+/m1/s1. The Morgan fingerprint density at radius 2 is 1.80 bits per heavy atom. The van der Waals surface area contributed by atoms with Crippen molar-refractivity contribution in [2.24, 2.45) is 17.3 Å². The Hall–Kier alpha value is -6.73. The van der Waals surface area contributed by atoms with Gasteiger partial charge in [0.05, 0.1) is 68.9 Å². The molecule has 2 aromatic heterocycles. The maximum atomic E-state index is 14.8. The summed E-state index contributed by atoms with van der Waals surface area (Å²) in [6, 6.07) is 11.1. The number of likely N-dealkylation sites (tertiary alicyclic amines) is 1. The number of hydrogen-bond acceptors (Lipinski definition) is 14. The number of benzene rings is 1. The van der Waals surface area contributed by atoms with Crippen molar-refractivity contribution in [2.45, 2.75) is 116 Å².